The number of aryl methyl sites for hydroxylation is 3. The molecule has 0 bridgehead atoms. The smallest absolute Gasteiger partial charge is 0.197 e. The molecule has 1 aliphatic carbocycles. The Hall–Kier alpha value is -1.22. The van der Waals surface area contributed by atoms with E-state index >= 15 is 0 Å². The molecule has 18 heavy (non-hydrogen) atoms. The molecule has 0 radical (unpaired) electrons. The number of benzene rings is 1. The summed E-state index contributed by atoms with van der Waals surface area (Å²) in [5.74, 6) is 0. The predicted octanol–water partition coefficient (Wildman–Crippen LogP) is 4.09. The highest BCUT2D eigenvalue weighted by atomic mass is 79.9. The fourth-order valence-corrected chi connectivity index (χ4v) is 3.04. The van der Waals surface area contributed by atoms with E-state index in [4.69, 9.17) is 0 Å². The van der Waals surface area contributed by atoms with Gasteiger partial charge in [-0.3, -0.25) is 0 Å². The maximum absolute atomic E-state index is 4.46. The highest BCUT2D eigenvalue weighted by molar-refractivity contribution is 9.10. The van der Waals surface area contributed by atoms with E-state index in [1.165, 1.54) is 42.4 Å². The van der Waals surface area contributed by atoms with Crippen molar-refractivity contribution >= 4 is 15.9 Å². The third-order valence-corrected chi connectivity index (χ3v) is 3.83. The fraction of sp³-hybridized carbons (Fsp3) is 0.333. The monoisotopic (exact) mass is 302 g/mol. The Bertz CT molecular complexity index is 573. The summed E-state index contributed by atoms with van der Waals surface area (Å²) < 4.78 is 0.662. The number of hydrogen-bond donors (Lipinski definition) is 0. The molecule has 1 aliphatic rings. The van der Waals surface area contributed by atoms with Crippen LogP contribution in [0, 0.1) is 6.92 Å². The van der Waals surface area contributed by atoms with Gasteiger partial charge in [0.2, 0.25) is 0 Å². The van der Waals surface area contributed by atoms with E-state index in [-0.39, 0.29) is 0 Å². The second-order valence-corrected chi connectivity index (χ2v) is 5.56. The van der Waals surface area contributed by atoms with Crippen molar-refractivity contribution in [3.05, 3.63) is 45.8 Å². The SMILES string of the molecule is Cc1cc(-c2ccc3c(c2)CCCC3)nc(Br)n1. The van der Waals surface area contributed by atoms with Gasteiger partial charge in [-0.25, -0.2) is 9.97 Å². The van der Waals surface area contributed by atoms with Crippen molar-refractivity contribution in [1.82, 2.24) is 9.97 Å². The van der Waals surface area contributed by atoms with Crippen molar-refractivity contribution in [3.8, 4) is 11.3 Å². The molecule has 1 aromatic heterocycles. The van der Waals surface area contributed by atoms with E-state index < -0.39 is 0 Å². The molecule has 2 nitrogen and oxygen atoms in total. The average Bonchev–Trinajstić information content (AvgIpc) is 2.37. The maximum atomic E-state index is 4.46. The summed E-state index contributed by atoms with van der Waals surface area (Å²) in [6.07, 6.45) is 5.06. The standard InChI is InChI=1S/C15H15BrN2/c1-10-8-14(18-15(16)17-10)13-7-6-11-4-2-3-5-12(11)9-13/h6-9H,2-5H2,1H3. The Labute approximate surface area is 116 Å². The molecule has 0 fully saturated rings. The number of fused-ring (bicyclic) bond motifs is 1. The van der Waals surface area contributed by atoms with Crippen molar-refractivity contribution in [3.63, 3.8) is 0 Å². The van der Waals surface area contributed by atoms with Crippen molar-refractivity contribution in [1.29, 1.82) is 0 Å². The van der Waals surface area contributed by atoms with Gasteiger partial charge in [0.05, 0.1) is 5.69 Å². The quantitative estimate of drug-likeness (QED) is 0.741. The first-order valence-corrected chi connectivity index (χ1v) is 7.15. The lowest BCUT2D eigenvalue weighted by Gasteiger charge is -2.16. The number of rotatable bonds is 1. The predicted molar refractivity (Wildman–Crippen MR) is 76.5 cm³/mol. The summed E-state index contributed by atoms with van der Waals surface area (Å²) in [4.78, 5) is 8.71. The summed E-state index contributed by atoms with van der Waals surface area (Å²) in [6, 6.07) is 8.77. The molecule has 0 spiro atoms. The van der Waals surface area contributed by atoms with Crippen LogP contribution in [0.4, 0.5) is 0 Å². The van der Waals surface area contributed by atoms with Gasteiger partial charge in [0.15, 0.2) is 4.73 Å². The molecule has 0 amide bonds. The summed E-state index contributed by atoms with van der Waals surface area (Å²) in [7, 11) is 0. The van der Waals surface area contributed by atoms with Crippen LogP contribution in [0.3, 0.4) is 0 Å². The third kappa shape index (κ3) is 2.32. The highest BCUT2D eigenvalue weighted by Crippen LogP contribution is 2.27. The van der Waals surface area contributed by atoms with Crippen molar-refractivity contribution in [2.45, 2.75) is 32.6 Å². The molecule has 0 unspecified atom stereocenters. The number of nitrogens with zero attached hydrogens (tertiary/aromatic N) is 2. The molecule has 0 saturated heterocycles. The number of halogens is 1. The van der Waals surface area contributed by atoms with Crippen LogP contribution in [0.2, 0.25) is 0 Å². The molecule has 2 aromatic rings. The molecule has 0 saturated carbocycles. The van der Waals surface area contributed by atoms with Gasteiger partial charge in [-0.05, 0) is 71.8 Å². The highest BCUT2D eigenvalue weighted by Gasteiger charge is 2.11. The van der Waals surface area contributed by atoms with Crippen LogP contribution in [0.5, 0.6) is 0 Å². The number of aromatic nitrogens is 2. The first-order valence-electron chi connectivity index (χ1n) is 6.36. The zero-order chi connectivity index (χ0) is 12.5. The van der Waals surface area contributed by atoms with Gasteiger partial charge < -0.3 is 0 Å². The first kappa shape index (κ1) is 11.8. The fourth-order valence-electron chi connectivity index (χ4n) is 2.57. The molecule has 0 atom stereocenters. The Morgan fingerprint density at radius 3 is 2.56 bits per heavy atom. The van der Waals surface area contributed by atoms with Gasteiger partial charge in [-0.1, -0.05) is 12.1 Å². The van der Waals surface area contributed by atoms with Gasteiger partial charge in [-0.2, -0.15) is 0 Å². The molecule has 92 valence electrons. The lowest BCUT2D eigenvalue weighted by Crippen LogP contribution is -2.02. The normalized spacial score (nSPS) is 14.3. The zero-order valence-corrected chi connectivity index (χ0v) is 12.0. The van der Waals surface area contributed by atoms with Crippen LogP contribution in [0.1, 0.15) is 29.7 Å². The van der Waals surface area contributed by atoms with Crippen LogP contribution < -0.4 is 0 Å². The van der Waals surface area contributed by atoms with E-state index in [0.29, 0.717) is 4.73 Å². The van der Waals surface area contributed by atoms with E-state index in [2.05, 4.69) is 44.1 Å². The minimum absolute atomic E-state index is 0.662. The van der Waals surface area contributed by atoms with E-state index in [1.807, 2.05) is 13.0 Å². The topological polar surface area (TPSA) is 25.8 Å². The molecule has 1 aromatic carbocycles. The molecule has 3 rings (SSSR count). The summed E-state index contributed by atoms with van der Waals surface area (Å²) in [6.45, 7) is 1.99. The van der Waals surface area contributed by atoms with Gasteiger partial charge >= 0.3 is 0 Å². The van der Waals surface area contributed by atoms with Crippen LogP contribution in [-0.2, 0) is 12.8 Å². The maximum Gasteiger partial charge on any atom is 0.197 e. The Morgan fingerprint density at radius 2 is 1.78 bits per heavy atom. The van der Waals surface area contributed by atoms with Crippen molar-refractivity contribution in [2.75, 3.05) is 0 Å². The minimum atomic E-state index is 0.662. The molecule has 3 heteroatoms. The third-order valence-electron chi connectivity index (χ3n) is 3.47. The lowest BCUT2D eigenvalue weighted by molar-refractivity contribution is 0.686. The second-order valence-electron chi connectivity index (χ2n) is 4.85. The van der Waals surface area contributed by atoms with Crippen LogP contribution in [0.15, 0.2) is 29.0 Å². The summed E-state index contributed by atoms with van der Waals surface area (Å²) in [5.41, 5.74) is 6.19. The molecular weight excluding hydrogens is 288 g/mol. The largest absolute Gasteiger partial charge is 0.227 e. The van der Waals surface area contributed by atoms with Gasteiger partial charge in [0.25, 0.3) is 0 Å². The van der Waals surface area contributed by atoms with Crippen molar-refractivity contribution in [2.24, 2.45) is 0 Å². The molecule has 0 aliphatic heterocycles. The molecule has 1 heterocycles. The second kappa shape index (κ2) is 4.81. The van der Waals surface area contributed by atoms with Crippen molar-refractivity contribution < 1.29 is 0 Å². The zero-order valence-electron chi connectivity index (χ0n) is 10.4. The lowest BCUT2D eigenvalue weighted by atomic mass is 9.90. The van der Waals surface area contributed by atoms with Gasteiger partial charge in [-0.15, -0.1) is 0 Å². The van der Waals surface area contributed by atoms with Gasteiger partial charge in [0.1, 0.15) is 0 Å². The Balaban J connectivity index is 2.06. The van der Waals surface area contributed by atoms with E-state index in [9.17, 15) is 0 Å². The summed E-state index contributed by atoms with van der Waals surface area (Å²) >= 11 is 3.36. The Morgan fingerprint density at radius 1 is 1.00 bits per heavy atom. The average molecular weight is 303 g/mol. The van der Waals surface area contributed by atoms with Crippen LogP contribution >= 0.6 is 15.9 Å². The van der Waals surface area contributed by atoms with Gasteiger partial charge in [0, 0.05) is 11.3 Å². The number of hydrogen-bond acceptors (Lipinski definition) is 2. The van der Waals surface area contributed by atoms with E-state index in [0.717, 1.165) is 11.4 Å². The molecule has 0 N–H and O–H groups in total. The summed E-state index contributed by atoms with van der Waals surface area (Å²) in [5, 5.41) is 0. The van der Waals surface area contributed by atoms with Crippen LogP contribution in [-0.4, -0.2) is 9.97 Å². The molecular formula is C15H15BrN2. The Kier molecular flexibility index (Phi) is 3.16. The van der Waals surface area contributed by atoms with Crippen LogP contribution in [0.25, 0.3) is 11.3 Å². The first-order chi connectivity index (χ1) is 8.72. The minimum Gasteiger partial charge on any atom is -0.227 e. The van der Waals surface area contributed by atoms with E-state index in [1.54, 1.807) is 0 Å².